The summed E-state index contributed by atoms with van der Waals surface area (Å²) in [5, 5.41) is 7.33. The number of hydrogen-bond acceptors (Lipinski definition) is 5. The summed E-state index contributed by atoms with van der Waals surface area (Å²) in [5.41, 5.74) is 0.931. The predicted molar refractivity (Wildman–Crippen MR) is 96.8 cm³/mol. The van der Waals surface area contributed by atoms with E-state index in [1.807, 2.05) is 19.2 Å². The van der Waals surface area contributed by atoms with E-state index >= 15 is 0 Å². The zero-order valence-corrected chi connectivity index (χ0v) is 15.1. The molecule has 0 saturated heterocycles. The monoisotopic (exact) mass is 360 g/mol. The number of methoxy groups -OCH3 is 1. The van der Waals surface area contributed by atoms with Crippen LogP contribution in [0.3, 0.4) is 0 Å². The Morgan fingerprint density at radius 1 is 1.08 bits per heavy atom. The summed E-state index contributed by atoms with van der Waals surface area (Å²) in [4.78, 5) is 36.7. The molecule has 1 aromatic heterocycles. The number of carbonyl (C=O) groups is 3. The molecule has 132 valence electrons. The Morgan fingerprint density at radius 2 is 1.76 bits per heavy atom. The normalized spacial score (nSPS) is 11.7. The first-order valence-corrected chi connectivity index (χ1v) is 8.64. The van der Waals surface area contributed by atoms with Gasteiger partial charge in [-0.1, -0.05) is 19.9 Å². The lowest BCUT2D eigenvalue weighted by Gasteiger charge is -2.21. The van der Waals surface area contributed by atoms with Crippen molar-refractivity contribution in [2.75, 3.05) is 12.4 Å². The van der Waals surface area contributed by atoms with Crippen molar-refractivity contribution < 1.29 is 19.1 Å². The first kappa shape index (κ1) is 18.7. The van der Waals surface area contributed by atoms with Crippen LogP contribution in [0.5, 0.6) is 0 Å². The smallest absolute Gasteiger partial charge is 0.337 e. The average molecular weight is 360 g/mol. The molecular formula is C18H20N2O4S. The van der Waals surface area contributed by atoms with E-state index in [1.54, 1.807) is 36.4 Å². The van der Waals surface area contributed by atoms with Crippen LogP contribution in [-0.2, 0) is 9.53 Å². The van der Waals surface area contributed by atoms with Gasteiger partial charge in [-0.05, 0) is 41.6 Å². The van der Waals surface area contributed by atoms with E-state index in [0.29, 0.717) is 16.1 Å². The van der Waals surface area contributed by atoms with Crippen molar-refractivity contribution in [3.05, 3.63) is 52.2 Å². The van der Waals surface area contributed by atoms with Gasteiger partial charge in [0.05, 0.1) is 17.6 Å². The SMILES string of the molecule is COC(=O)c1ccc(NC(=O)[C@@H](NC(=O)c2cccs2)C(C)C)cc1. The highest BCUT2D eigenvalue weighted by Crippen LogP contribution is 2.14. The van der Waals surface area contributed by atoms with Gasteiger partial charge in [0.15, 0.2) is 0 Å². The third-order valence-electron chi connectivity index (χ3n) is 3.55. The first-order chi connectivity index (χ1) is 11.9. The molecule has 0 saturated carbocycles. The number of nitrogens with one attached hydrogen (secondary N) is 2. The Balaban J connectivity index is 2.05. The van der Waals surface area contributed by atoms with E-state index < -0.39 is 12.0 Å². The topological polar surface area (TPSA) is 84.5 Å². The van der Waals surface area contributed by atoms with Crippen molar-refractivity contribution >= 4 is 34.8 Å². The Hall–Kier alpha value is -2.67. The van der Waals surface area contributed by atoms with Gasteiger partial charge in [-0.25, -0.2) is 4.79 Å². The van der Waals surface area contributed by atoms with Crippen LogP contribution in [-0.4, -0.2) is 30.9 Å². The molecule has 2 aromatic rings. The zero-order valence-electron chi connectivity index (χ0n) is 14.2. The van der Waals surface area contributed by atoms with Crippen LogP contribution in [0.1, 0.15) is 33.9 Å². The summed E-state index contributed by atoms with van der Waals surface area (Å²) in [6.07, 6.45) is 0. The Labute approximate surface area is 150 Å². The van der Waals surface area contributed by atoms with Gasteiger partial charge in [-0.3, -0.25) is 9.59 Å². The number of thiophene rings is 1. The molecule has 6 nitrogen and oxygen atoms in total. The van der Waals surface area contributed by atoms with Gasteiger partial charge >= 0.3 is 5.97 Å². The molecule has 7 heteroatoms. The van der Waals surface area contributed by atoms with E-state index in [4.69, 9.17) is 0 Å². The van der Waals surface area contributed by atoms with Gasteiger partial charge in [0.2, 0.25) is 5.91 Å². The molecule has 0 fully saturated rings. The van der Waals surface area contributed by atoms with Gasteiger partial charge in [0, 0.05) is 5.69 Å². The molecule has 1 atom stereocenters. The highest BCUT2D eigenvalue weighted by atomic mass is 32.1. The maximum atomic E-state index is 12.5. The third kappa shape index (κ3) is 4.90. The van der Waals surface area contributed by atoms with Crippen molar-refractivity contribution in [3.63, 3.8) is 0 Å². The number of benzene rings is 1. The van der Waals surface area contributed by atoms with Crippen molar-refractivity contribution in [2.45, 2.75) is 19.9 Å². The second-order valence-corrected chi connectivity index (χ2v) is 6.68. The Bertz CT molecular complexity index is 739. The number of amides is 2. The standard InChI is InChI=1S/C18H20N2O4S/c1-11(2)15(20-16(21)14-5-4-10-25-14)17(22)19-13-8-6-12(7-9-13)18(23)24-3/h4-11,15H,1-3H3,(H,19,22)(H,20,21)/t15-/m0/s1. The van der Waals surface area contributed by atoms with Crippen molar-refractivity contribution in [1.82, 2.24) is 5.32 Å². The Morgan fingerprint density at radius 3 is 2.28 bits per heavy atom. The lowest BCUT2D eigenvalue weighted by molar-refractivity contribution is -0.118. The summed E-state index contributed by atoms with van der Waals surface area (Å²) >= 11 is 1.32. The van der Waals surface area contributed by atoms with Crippen LogP contribution in [0.2, 0.25) is 0 Å². The quantitative estimate of drug-likeness (QED) is 0.776. The second kappa shape index (κ2) is 8.43. The van der Waals surface area contributed by atoms with Gasteiger partial charge in [0.25, 0.3) is 5.91 Å². The number of hydrogen-bond donors (Lipinski definition) is 2. The summed E-state index contributed by atoms with van der Waals surface area (Å²) in [5.74, 6) is -1.12. The van der Waals surface area contributed by atoms with Crippen LogP contribution in [0.25, 0.3) is 0 Å². The van der Waals surface area contributed by atoms with E-state index in [1.165, 1.54) is 18.4 Å². The van der Waals surface area contributed by atoms with E-state index in [0.717, 1.165) is 0 Å². The molecule has 0 radical (unpaired) electrons. The molecule has 25 heavy (non-hydrogen) atoms. The van der Waals surface area contributed by atoms with Crippen LogP contribution in [0.15, 0.2) is 41.8 Å². The minimum Gasteiger partial charge on any atom is -0.465 e. The lowest BCUT2D eigenvalue weighted by Crippen LogP contribution is -2.46. The Kier molecular flexibility index (Phi) is 6.30. The molecular weight excluding hydrogens is 340 g/mol. The predicted octanol–water partition coefficient (Wildman–Crippen LogP) is 2.93. The van der Waals surface area contributed by atoms with Gasteiger partial charge < -0.3 is 15.4 Å². The molecule has 1 heterocycles. The molecule has 0 spiro atoms. The third-order valence-corrected chi connectivity index (χ3v) is 4.42. The summed E-state index contributed by atoms with van der Waals surface area (Å²) in [6.45, 7) is 3.72. The number of esters is 1. The highest BCUT2D eigenvalue weighted by molar-refractivity contribution is 7.12. The maximum absolute atomic E-state index is 12.5. The zero-order chi connectivity index (χ0) is 18.4. The highest BCUT2D eigenvalue weighted by Gasteiger charge is 2.25. The molecule has 1 aromatic carbocycles. The minimum atomic E-state index is -0.671. The van der Waals surface area contributed by atoms with Crippen molar-refractivity contribution in [1.29, 1.82) is 0 Å². The molecule has 2 N–H and O–H groups in total. The molecule has 2 rings (SSSR count). The van der Waals surface area contributed by atoms with E-state index in [9.17, 15) is 14.4 Å². The van der Waals surface area contributed by atoms with Gasteiger partial charge in [0.1, 0.15) is 6.04 Å². The lowest BCUT2D eigenvalue weighted by atomic mass is 10.0. The average Bonchev–Trinajstić information content (AvgIpc) is 3.13. The van der Waals surface area contributed by atoms with Gasteiger partial charge in [-0.15, -0.1) is 11.3 Å². The molecule has 0 unspecified atom stereocenters. The molecule has 0 bridgehead atoms. The second-order valence-electron chi connectivity index (χ2n) is 5.73. The maximum Gasteiger partial charge on any atom is 0.337 e. The molecule has 0 aliphatic carbocycles. The number of rotatable bonds is 6. The van der Waals surface area contributed by atoms with E-state index in [-0.39, 0.29) is 17.7 Å². The summed E-state index contributed by atoms with van der Waals surface area (Å²) in [7, 11) is 1.31. The first-order valence-electron chi connectivity index (χ1n) is 7.76. The number of ether oxygens (including phenoxy) is 1. The fraction of sp³-hybridized carbons (Fsp3) is 0.278. The minimum absolute atomic E-state index is 0.0849. The van der Waals surface area contributed by atoms with Gasteiger partial charge in [-0.2, -0.15) is 0 Å². The largest absolute Gasteiger partial charge is 0.465 e. The summed E-state index contributed by atoms with van der Waals surface area (Å²) < 4.78 is 4.63. The fourth-order valence-electron chi connectivity index (χ4n) is 2.18. The number of carbonyl (C=O) groups excluding carboxylic acids is 3. The fourth-order valence-corrected chi connectivity index (χ4v) is 2.81. The molecule has 2 amide bonds. The summed E-state index contributed by atoms with van der Waals surface area (Å²) in [6, 6.07) is 9.18. The van der Waals surface area contributed by atoms with Crippen LogP contribution >= 0.6 is 11.3 Å². The van der Waals surface area contributed by atoms with Crippen LogP contribution in [0.4, 0.5) is 5.69 Å². The number of anilines is 1. The van der Waals surface area contributed by atoms with E-state index in [2.05, 4.69) is 15.4 Å². The van der Waals surface area contributed by atoms with Crippen LogP contribution in [0, 0.1) is 5.92 Å². The van der Waals surface area contributed by atoms with Crippen molar-refractivity contribution in [2.24, 2.45) is 5.92 Å². The van der Waals surface area contributed by atoms with Crippen molar-refractivity contribution in [3.8, 4) is 0 Å². The molecule has 0 aliphatic heterocycles. The molecule has 0 aliphatic rings. The van der Waals surface area contributed by atoms with Crippen LogP contribution < -0.4 is 10.6 Å².